The van der Waals surface area contributed by atoms with E-state index in [-0.39, 0.29) is 0 Å². The molecule has 1 atom stereocenters. The number of aryl methyl sites for hydroxylation is 3. The molecular weight excluding hydrogens is 254 g/mol. The first-order chi connectivity index (χ1) is 9.43. The number of aliphatic hydroxyl groups excluding tert-OH is 1. The van der Waals surface area contributed by atoms with Crippen molar-refractivity contribution in [2.24, 2.45) is 0 Å². The third-order valence-electron chi connectivity index (χ3n) is 3.57. The summed E-state index contributed by atoms with van der Waals surface area (Å²) >= 11 is 0. The van der Waals surface area contributed by atoms with E-state index in [1.54, 1.807) is 13.3 Å². The van der Waals surface area contributed by atoms with Crippen LogP contribution in [0.2, 0.25) is 0 Å². The number of aromatic nitrogens is 1. The van der Waals surface area contributed by atoms with E-state index in [4.69, 9.17) is 9.15 Å². The highest BCUT2D eigenvalue weighted by atomic mass is 16.5. The van der Waals surface area contributed by atoms with Crippen LogP contribution < -0.4 is 4.74 Å². The van der Waals surface area contributed by atoms with Crippen LogP contribution in [0.4, 0.5) is 0 Å². The summed E-state index contributed by atoms with van der Waals surface area (Å²) in [6.07, 6.45) is 1.61. The van der Waals surface area contributed by atoms with E-state index < -0.39 is 6.10 Å². The molecule has 2 heterocycles. The van der Waals surface area contributed by atoms with Crippen LogP contribution in [0.1, 0.15) is 40.0 Å². The highest BCUT2D eigenvalue weighted by Crippen LogP contribution is 2.29. The molecule has 0 aliphatic heterocycles. The Labute approximate surface area is 119 Å². The number of ether oxygens (including phenoxy) is 1. The molecule has 0 aliphatic carbocycles. The maximum absolute atomic E-state index is 10.4. The standard InChI is InChI=1S/C16H21NO3/c1-9-8-17-14(11(3)16(9)19-5)7-15(18)13-6-10(2)20-12(13)4/h6,8,15,18H,7H2,1-5H3. The van der Waals surface area contributed by atoms with Crippen molar-refractivity contribution in [1.82, 2.24) is 4.98 Å². The van der Waals surface area contributed by atoms with Gasteiger partial charge in [0.1, 0.15) is 17.3 Å². The van der Waals surface area contributed by atoms with Gasteiger partial charge in [-0.15, -0.1) is 0 Å². The first-order valence-electron chi connectivity index (χ1n) is 6.68. The topological polar surface area (TPSA) is 55.5 Å². The Morgan fingerprint density at radius 1 is 1.30 bits per heavy atom. The van der Waals surface area contributed by atoms with Crippen LogP contribution in [-0.2, 0) is 6.42 Å². The van der Waals surface area contributed by atoms with Crippen molar-refractivity contribution in [3.63, 3.8) is 0 Å². The van der Waals surface area contributed by atoms with Gasteiger partial charge in [-0.05, 0) is 33.8 Å². The molecule has 1 N–H and O–H groups in total. The van der Waals surface area contributed by atoms with Crippen molar-refractivity contribution in [2.45, 2.75) is 40.2 Å². The lowest BCUT2D eigenvalue weighted by Crippen LogP contribution is -2.07. The molecular formula is C16H21NO3. The van der Waals surface area contributed by atoms with Crippen LogP contribution in [0, 0.1) is 27.7 Å². The van der Waals surface area contributed by atoms with Gasteiger partial charge in [0.2, 0.25) is 0 Å². The lowest BCUT2D eigenvalue weighted by atomic mass is 10.0. The zero-order chi connectivity index (χ0) is 14.9. The predicted octanol–water partition coefficient (Wildman–Crippen LogP) is 3.19. The van der Waals surface area contributed by atoms with Gasteiger partial charge in [-0.2, -0.15) is 0 Å². The number of aliphatic hydroxyl groups is 1. The molecule has 0 radical (unpaired) electrons. The van der Waals surface area contributed by atoms with Gasteiger partial charge in [0.15, 0.2) is 0 Å². The Bertz CT molecular complexity index is 616. The second kappa shape index (κ2) is 5.67. The zero-order valence-electron chi connectivity index (χ0n) is 12.7. The highest BCUT2D eigenvalue weighted by molar-refractivity contribution is 5.41. The molecule has 2 aromatic heterocycles. The minimum absolute atomic E-state index is 0.447. The Balaban J connectivity index is 2.28. The number of pyridine rings is 1. The van der Waals surface area contributed by atoms with Gasteiger partial charge in [-0.1, -0.05) is 0 Å². The summed E-state index contributed by atoms with van der Waals surface area (Å²) in [4.78, 5) is 4.42. The molecule has 0 saturated carbocycles. The fourth-order valence-electron chi connectivity index (χ4n) is 2.55. The fraction of sp³-hybridized carbons (Fsp3) is 0.438. The summed E-state index contributed by atoms with van der Waals surface area (Å²) in [5.41, 5.74) is 3.64. The van der Waals surface area contributed by atoms with Crippen molar-refractivity contribution in [3.05, 3.63) is 46.2 Å². The Morgan fingerprint density at radius 2 is 2.00 bits per heavy atom. The summed E-state index contributed by atoms with van der Waals surface area (Å²) in [5, 5.41) is 10.4. The van der Waals surface area contributed by atoms with Gasteiger partial charge >= 0.3 is 0 Å². The smallest absolute Gasteiger partial charge is 0.128 e. The fourth-order valence-corrected chi connectivity index (χ4v) is 2.55. The summed E-state index contributed by atoms with van der Waals surface area (Å²) in [7, 11) is 1.65. The average Bonchev–Trinajstić information content (AvgIpc) is 2.73. The lowest BCUT2D eigenvalue weighted by Gasteiger charge is -2.15. The zero-order valence-corrected chi connectivity index (χ0v) is 12.7. The molecule has 0 saturated heterocycles. The molecule has 108 valence electrons. The second-order valence-corrected chi connectivity index (χ2v) is 5.13. The van der Waals surface area contributed by atoms with Crippen LogP contribution >= 0.6 is 0 Å². The van der Waals surface area contributed by atoms with Crippen LogP contribution in [0.3, 0.4) is 0 Å². The van der Waals surface area contributed by atoms with Crippen molar-refractivity contribution in [1.29, 1.82) is 0 Å². The first-order valence-corrected chi connectivity index (χ1v) is 6.68. The average molecular weight is 275 g/mol. The minimum Gasteiger partial charge on any atom is -0.496 e. The molecule has 4 heteroatoms. The maximum Gasteiger partial charge on any atom is 0.128 e. The number of methoxy groups -OCH3 is 1. The molecule has 0 aromatic carbocycles. The van der Waals surface area contributed by atoms with E-state index in [1.165, 1.54) is 0 Å². The summed E-state index contributed by atoms with van der Waals surface area (Å²) < 4.78 is 10.9. The first kappa shape index (κ1) is 14.6. The van der Waals surface area contributed by atoms with Crippen molar-refractivity contribution in [2.75, 3.05) is 7.11 Å². The van der Waals surface area contributed by atoms with Gasteiger partial charge in [-0.3, -0.25) is 4.98 Å². The Kier molecular flexibility index (Phi) is 4.14. The summed E-state index contributed by atoms with van der Waals surface area (Å²) in [6, 6.07) is 1.88. The molecule has 1 unspecified atom stereocenters. The SMILES string of the molecule is COc1c(C)cnc(CC(O)c2cc(C)oc2C)c1C. The highest BCUT2D eigenvalue weighted by Gasteiger charge is 2.18. The van der Waals surface area contributed by atoms with Crippen molar-refractivity contribution >= 4 is 0 Å². The van der Waals surface area contributed by atoms with E-state index in [9.17, 15) is 5.11 Å². The Hall–Kier alpha value is -1.81. The predicted molar refractivity (Wildman–Crippen MR) is 77.1 cm³/mol. The van der Waals surface area contributed by atoms with Crippen molar-refractivity contribution in [3.8, 4) is 5.75 Å². The number of rotatable bonds is 4. The van der Waals surface area contributed by atoms with E-state index in [2.05, 4.69) is 4.98 Å². The third kappa shape index (κ3) is 2.70. The molecule has 0 aliphatic rings. The minimum atomic E-state index is -0.619. The van der Waals surface area contributed by atoms with Gasteiger partial charge in [0.05, 0.1) is 13.2 Å². The van der Waals surface area contributed by atoms with E-state index in [0.717, 1.165) is 39.7 Å². The maximum atomic E-state index is 10.4. The summed E-state index contributed by atoms with van der Waals surface area (Å²) in [6.45, 7) is 7.67. The molecule has 0 spiro atoms. The third-order valence-corrected chi connectivity index (χ3v) is 3.57. The number of hydrogen-bond donors (Lipinski definition) is 1. The molecule has 0 bridgehead atoms. The van der Waals surface area contributed by atoms with Crippen LogP contribution in [0.15, 0.2) is 16.7 Å². The molecule has 0 amide bonds. The lowest BCUT2D eigenvalue weighted by molar-refractivity contribution is 0.175. The monoisotopic (exact) mass is 275 g/mol. The van der Waals surface area contributed by atoms with E-state index >= 15 is 0 Å². The van der Waals surface area contributed by atoms with Crippen LogP contribution in [0.25, 0.3) is 0 Å². The van der Waals surface area contributed by atoms with Gasteiger partial charge in [0.25, 0.3) is 0 Å². The molecule has 20 heavy (non-hydrogen) atoms. The number of furan rings is 1. The van der Waals surface area contributed by atoms with Gasteiger partial charge in [-0.25, -0.2) is 0 Å². The summed E-state index contributed by atoms with van der Waals surface area (Å²) in [5.74, 6) is 2.40. The van der Waals surface area contributed by atoms with E-state index in [0.29, 0.717) is 6.42 Å². The molecule has 2 rings (SSSR count). The normalized spacial score (nSPS) is 12.5. The number of hydrogen-bond acceptors (Lipinski definition) is 4. The molecule has 4 nitrogen and oxygen atoms in total. The number of nitrogens with zero attached hydrogens (tertiary/aromatic N) is 1. The molecule has 2 aromatic rings. The quantitative estimate of drug-likeness (QED) is 0.931. The van der Waals surface area contributed by atoms with Gasteiger partial charge in [0, 0.05) is 35.0 Å². The second-order valence-electron chi connectivity index (χ2n) is 5.13. The largest absolute Gasteiger partial charge is 0.496 e. The van der Waals surface area contributed by atoms with Crippen molar-refractivity contribution < 1.29 is 14.3 Å². The van der Waals surface area contributed by atoms with Gasteiger partial charge < -0.3 is 14.3 Å². The molecule has 0 fully saturated rings. The van der Waals surface area contributed by atoms with Crippen LogP contribution in [-0.4, -0.2) is 17.2 Å². The van der Waals surface area contributed by atoms with Crippen LogP contribution in [0.5, 0.6) is 5.75 Å². The van der Waals surface area contributed by atoms with E-state index in [1.807, 2.05) is 33.8 Å². The Morgan fingerprint density at radius 3 is 2.55 bits per heavy atom.